The molecule has 0 aliphatic rings. The van der Waals surface area contributed by atoms with Gasteiger partial charge in [0.1, 0.15) is 0 Å². The number of rotatable bonds is 5. The molecule has 0 saturated heterocycles. The normalized spacial score (nSPS) is 11.0. The molecule has 1 aromatic carbocycles. The van der Waals surface area contributed by atoms with Crippen molar-refractivity contribution in [1.82, 2.24) is 9.55 Å². The van der Waals surface area contributed by atoms with Crippen molar-refractivity contribution < 1.29 is 9.53 Å². The van der Waals surface area contributed by atoms with E-state index in [1.54, 1.807) is 36.9 Å². The van der Waals surface area contributed by atoms with Crippen LogP contribution in [0.1, 0.15) is 27.2 Å². The van der Waals surface area contributed by atoms with E-state index >= 15 is 0 Å². The summed E-state index contributed by atoms with van der Waals surface area (Å²) in [4.78, 5) is 30.0. The zero-order valence-corrected chi connectivity index (χ0v) is 16.0. The van der Waals surface area contributed by atoms with E-state index in [1.165, 1.54) is 0 Å². The summed E-state index contributed by atoms with van der Waals surface area (Å²) in [5.74, 6) is -0.276. The zero-order chi connectivity index (χ0) is 19.6. The second-order valence-corrected chi connectivity index (χ2v) is 6.56. The quantitative estimate of drug-likeness (QED) is 0.753. The number of carbonyl (C=O) groups excluding carboxylic acids is 1. The Morgan fingerprint density at radius 1 is 1.22 bits per heavy atom. The van der Waals surface area contributed by atoms with Gasteiger partial charge in [-0.3, -0.25) is 14.6 Å². The van der Waals surface area contributed by atoms with Crippen molar-refractivity contribution in [2.45, 2.75) is 27.3 Å². The van der Waals surface area contributed by atoms with Crippen LogP contribution in [-0.2, 0) is 11.3 Å². The lowest BCUT2D eigenvalue weighted by atomic mass is 10.1. The number of amides is 1. The monoisotopic (exact) mass is 365 g/mol. The highest BCUT2D eigenvalue weighted by atomic mass is 16.5. The minimum absolute atomic E-state index is 0.183. The third-order valence-electron chi connectivity index (χ3n) is 4.78. The van der Waals surface area contributed by atoms with Gasteiger partial charge in [0.05, 0.1) is 28.8 Å². The maximum absolute atomic E-state index is 12.8. The number of fused-ring (bicyclic) bond motifs is 1. The molecule has 3 aromatic rings. The lowest BCUT2D eigenvalue weighted by molar-refractivity contribution is 0.102. The summed E-state index contributed by atoms with van der Waals surface area (Å²) >= 11 is 0. The third-order valence-corrected chi connectivity index (χ3v) is 4.78. The van der Waals surface area contributed by atoms with E-state index in [0.29, 0.717) is 35.3 Å². The third kappa shape index (κ3) is 3.75. The smallest absolute Gasteiger partial charge is 0.260 e. The molecule has 6 nitrogen and oxygen atoms in total. The Morgan fingerprint density at radius 3 is 2.74 bits per heavy atom. The van der Waals surface area contributed by atoms with E-state index in [1.807, 2.05) is 32.0 Å². The van der Waals surface area contributed by atoms with Gasteiger partial charge in [0.15, 0.2) is 0 Å². The topological polar surface area (TPSA) is 73.2 Å². The van der Waals surface area contributed by atoms with Gasteiger partial charge in [0.2, 0.25) is 0 Å². The predicted molar refractivity (Wildman–Crippen MR) is 106 cm³/mol. The van der Waals surface area contributed by atoms with E-state index in [0.717, 1.165) is 16.8 Å². The number of aromatic nitrogens is 2. The highest BCUT2D eigenvalue weighted by molar-refractivity contribution is 6.07. The van der Waals surface area contributed by atoms with Gasteiger partial charge < -0.3 is 14.6 Å². The van der Waals surface area contributed by atoms with Crippen LogP contribution >= 0.6 is 0 Å². The van der Waals surface area contributed by atoms with Crippen LogP contribution in [0.3, 0.4) is 0 Å². The maximum atomic E-state index is 12.8. The molecule has 140 valence electrons. The van der Waals surface area contributed by atoms with Crippen LogP contribution in [-0.4, -0.2) is 29.2 Å². The van der Waals surface area contributed by atoms with E-state index < -0.39 is 0 Å². The molecule has 0 aliphatic heterocycles. The molecule has 0 fully saturated rings. The van der Waals surface area contributed by atoms with Crippen LogP contribution in [0.4, 0.5) is 5.69 Å². The summed E-state index contributed by atoms with van der Waals surface area (Å²) in [6, 6.07) is 9.17. The average molecular weight is 365 g/mol. The molecule has 2 aromatic heterocycles. The molecule has 2 heterocycles. The summed E-state index contributed by atoms with van der Waals surface area (Å²) < 4.78 is 6.61. The molecule has 0 saturated carbocycles. The van der Waals surface area contributed by atoms with Crippen molar-refractivity contribution in [2.75, 3.05) is 19.0 Å². The molecule has 3 rings (SSSR count). The Morgan fingerprint density at radius 2 is 2.00 bits per heavy atom. The molecule has 1 N–H and O–H groups in total. The Labute approximate surface area is 157 Å². The number of nitrogens with zero attached hydrogens (tertiary/aromatic N) is 2. The Balaban J connectivity index is 2.01. The number of carbonyl (C=O) groups is 1. The first-order valence-corrected chi connectivity index (χ1v) is 8.79. The fourth-order valence-corrected chi connectivity index (χ4v) is 2.98. The second kappa shape index (κ2) is 7.72. The Bertz CT molecular complexity index is 1070. The maximum Gasteiger partial charge on any atom is 0.260 e. The van der Waals surface area contributed by atoms with Crippen LogP contribution in [0.2, 0.25) is 0 Å². The molecular weight excluding hydrogens is 342 g/mol. The van der Waals surface area contributed by atoms with E-state index in [4.69, 9.17) is 4.74 Å². The lowest BCUT2D eigenvalue weighted by Crippen LogP contribution is -2.23. The molecule has 0 atom stereocenters. The number of hydrogen-bond acceptors (Lipinski definition) is 4. The van der Waals surface area contributed by atoms with E-state index in [-0.39, 0.29) is 11.5 Å². The van der Waals surface area contributed by atoms with Gasteiger partial charge in [-0.1, -0.05) is 12.1 Å². The summed E-state index contributed by atoms with van der Waals surface area (Å²) in [5.41, 5.74) is 4.24. The van der Waals surface area contributed by atoms with Gasteiger partial charge in [-0.15, -0.1) is 0 Å². The van der Waals surface area contributed by atoms with E-state index in [2.05, 4.69) is 10.3 Å². The van der Waals surface area contributed by atoms with Crippen molar-refractivity contribution in [1.29, 1.82) is 0 Å². The largest absolute Gasteiger partial charge is 0.383 e. The second-order valence-electron chi connectivity index (χ2n) is 6.56. The fourth-order valence-electron chi connectivity index (χ4n) is 2.98. The van der Waals surface area contributed by atoms with Crippen LogP contribution in [0, 0.1) is 20.8 Å². The summed E-state index contributed by atoms with van der Waals surface area (Å²) in [6.07, 6.45) is 1.70. The fraction of sp³-hybridized carbons (Fsp3) is 0.286. The van der Waals surface area contributed by atoms with Crippen molar-refractivity contribution in [3.8, 4) is 0 Å². The SMILES string of the molecule is COCCn1ccc2nc(C)c(C(=O)Nc3cccc(C)c3C)cc2c1=O. The number of ether oxygens (including phenoxy) is 1. The van der Waals surface area contributed by atoms with Gasteiger partial charge in [-0.25, -0.2) is 0 Å². The van der Waals surface area contributed by atoms with Crippen LogP contribution in [0.5, 0.6) is 0 Å². The standard InChI is InChI=1S/C21H23N3O3/c1-13-6-5-7-18(14(13)2)23-20(25)16-12-17-19(22-15(16)3)8-9-24(21(17)26)10-11-27-4/h5-9,12H,10-11H2,1-4H3,(H,23,25). The van der Waals surface area contributed by atoms with Crippen molar-refractivity contribution in [2.24, 2.45) is 0 Å². The minimum Gasteiger partial charge on any atom is -0.383 e. The first-order chi connectivity index (χ1) is 12.9. The molecule has 0 aliphatic carbocycles. The highest BCUT2D eigenvalue weighted by Crippen LogP contribution is 2.20. The Hall–Kier alpha value is -2.99. The average Bonchev–Trinajstić information content (AvgIpc) is 2.64. The number of aryl methyl sites for hydroxylation is 2. The molecule has 0 bridgehead atoms. The molecule has 27 heavy (non-hydrogen) atoms. The number of anilines is 1. The molecule has 6 heteroatoms. The lowest BCUT2D eigenvalue weighted by Gasteiger charge is -2.12. The summed E-state index contributed by atoms with van der Waals surface area (Å²) in [7, 11) is 1.59. The highest BCUT2D eigenvalue weighted by Gasteiger charge is 2.15. The number of methoxy groups -OCH3 is 1. The predicted octanol–water partition coefficient (Wildman–Crippen LogP) is 3.22. The summed E-state index contributed by atoms with van der Waals surface area (Å²) in [5, 5.41) is 3.36. The minimum atomic E-state index is -0.276. The number of benzene rings is 1. The van der Waals surface area contributed by atoms with Crippen LogP contribution < -0.4 is 10.9 Å². The molecule has 0 radical (unpaired) electrons. The van der Waals surface area contributed by atoms with Gasteiger partial charge in [0.25, 0.3) is 11.5 Å². The van der Waals surface area contributed by atoms with Crippen molar-refractivity contribution >= 4 is 22.5 Å². The first-order valence-electron chi connectivity index (χ1n) is 8.79. The zero-order valence-electron chi connectivity index (χ0n) is 16.0. The van der Waals surface area contributed by atoms with Gasteiger partial charge in [-0.05, 0) is 50.1 Å². The molecule has 0 spiro atoms. The van der Waals surface area contributed by atoms with Gasteiger partial charge >= 0.3 is 0 Å². The van der Waals surface area contributed by atoms with Crippen molar-refractivity contribution in [3.63, 3.8) is 0 Å². The van der Waals surface area contributed by atoms with Crippen molar-refractivity contribution in [3.05, 3.63) is 69.3 Å². The first kappa shape index (κ1) is 18.8. The molecule has 0 unspecified atom stereocenters. The van der Waals surface area contributed by atoms with Crippen LogP contribution in [0.25, 0.3) is 10.9 Å². The number of pyridine rings is 2. The summed E-state index contributed by atoms with van der Waals surface area (Å²) in [6.45, 7) is 6.61. The Kier molecular flexibility index (Phi) is 5.37. The molecule has 1 amide bonds. The number of hydrogen-bond donors (Lipinski definition) is 1. The van der Waals surface area contributed by atoms with Gasteiger partial charge in [0, 0.05) is 25.5 Å². The van der Waals surface area contributed by atoms with E-state index in [9.17, 15) is 9.59 Å². The van der Waals surface area contributed by atoms with Gasteiger partial charge in [-0.2, -0.15) is 0 Å². The number of nitrogens with one attached hydrogen (secondary N) is 1. The van der Waals surface area contributed by atoms with Crippen LogP contribution in [0.15, 0.2) is 41.3 Å². The molecular formula is C21H23N3O3.